The molecule has 2 aromatic carbocycles. The second-order valence-electron chi connectivity index (χ2n) is 10.5. The summed E-state index contributed by atoms with van der Waals surface area (Å²) in [6, 6.07) is 9.94. The lowest BCUT2D eigenvalue weighted by Crippen LogP contribution is -2.30. The number of hydrogen-bond acceptors (Lipinski definition) is 5. The maximum absolute atomic E-state index is 13.8. The van der Waals surface area contributed by atoms with E-state index in [9.17, 15) is 9.59 Å². The van der Waals surface area contributed by atoms with Crippen molar-refractivity contribution in [2.45, 2.75) is 59.2 Å². The van der Waals surface area contributed by atoms with E-state index in [-0.39, 0.29) is 5.56 Å². The van der Waals surface area contributed by atoms with Gasteiger partial charge in [-0.05, 0) is 92.8 Å². The van der Waals surface area contributed by atoms with Crippen LogP contribution in [0, 0.1) is 6.92 Å². The van der Waals surface area contributed by atoms with Gasteiger partial charge in [-0.2, -0.15) is 0 Å². The number of rotatable bonds is 6. The van der Waals surface area contributed by atoms with Crippen molar-refractivity contribution in [3.05, 3.63) is 69.1 Å². The fourth-order valence-corrected chi connectivity index (χ4v) is 5.19. The van der Waals surface area contributed by atoms with Gasteiger partial charge in [-0.3, -0.25) is 9.79 Å². The summed E-state index contributed by atoms with van der Waals surface area (Å²) in [7, 11) is 3.45. The number of pyridine rings is 1. The van der Waals surface area contributed by atoms with Crippen molar-refractivity contribution in [3.63, 3.8) is 0 Å². The second-order valence-corrected chi connectivity index (χ2v) is 10.5. The van der Waals surface area contributed by atoms with E-state index >= 15 is 0 Å². The molecule has 2 heterocycles. The number of allylic oxidation sites excluding steroid dienone is 2. The number of nitrogens with zero attached hydrogens (tertiary/aromatic N) is 2. The highest BCUT2D eigenvalue weighted by Gasteiger charge is 2.29. The summed E-state index contributed by atoms with van der Waals surface area (Å²) in [5, 5.41) is 1.37. The molecule has 1 atom stereocenters. The molecule has 0 unspecified atom stereocenters. The molecule has 6 heteroatoms. The van der Waals surface area contributed by atoms with Crippen molar-refractivity contribution < 1.29 is 14.3 Å². The summed E-state index contributed by atoms with van der Waals surface area (Å²) < 4.78 is 13.7. The Bertz CT molecular complexity index is 1470. The Hall–Kier alpha value is -3.51. The van der Waals surface area contributed by atoms with Gasteiger partial charge in [-0.15, -0.1) is 0 Å². The average Bonchev–Trinajstić information content (AvgIpc) is 2.88. The predicted molar refractivity (Wildman–Crippen MR) is 151 cm³/mol. The van der Waals surface area contributed by atoms with Crippen LogP contribution in [-0.2, 0) is 23.0 Å². The molecule has 0 saturated carbocycles. The van der Waals surface area contributed by atoms with Crippen molar-refractivity contribution in [2.24, 2.45) is 12.0 Å². The summed E-state index contributed by atoms with van der Waals surface area (Å²) in [6.07, 6.45) is 5.51. The van der Waals surface area contributed by atoms with Gasteiger partial charge in [0.05, 0.1) is 17.9 Å². The Kier molecular flexibility index (Phi) is 7.51. The Morgan fingerprint density at radius 3 is 2.59 bits per heavy atom. The van der Waals surface area contributed by atoms with E-state index in [2.05, 4.69) is 11.9 Å². The van der Waals surface area contributed by atoms with Crippen molar-refractivity contribution in [3.8, 4) is 16.9 Å². The van der Waals surface area contributed by atoms with Gasteiger partial charge >= 0.3 is 0 Å². The molecule has 1 aliphatic heterocycles. The monoisotopic (exact) mass is 500 g/mol. The van der Waals surface area contributed by atoms with Gasteiger partial charge in [0.15, 0.2) is 12.4 Å². The molecule has 4 rings (SSSR count). The van der Waals surface area contributed by atoms with Gasteiger partial charge in [0.1, 0.15) is 5.75 Å². The van der Waals surface area contributed by atoms with E-state index in [1.807, 2.05) is 64.1 Å². The van der Waals surface area contributed by atoms with Crippen molar-refractivity contribution >= 4 is 28.8 Å². The van der Waals surface area contributed by atoms with Crippen molar-refractivity contribution in [2.75, 3.05) is 13.7 Å². The number of fused-ring (bicyclic) bond motifs is 2. The van der Waals surface area contributed by atoms with Crippen LogP contribution in [0.1, 0.15) is 62.6 Å². The van der Waals surface area contributed by atoms with E-state index in [0.29, 0.717) is 17.7 Å². The Morgan fingerprint density at radius 1 is 1.19 bits per heavy atom. The van der Waals surface area contributed by atoms with Crippen LogP contribution < -0.4 is 10.3 Å². The maximum atomic E-state index is 13.8. The molecule has 1 aliphatic rings. The number of carbonyl (C=O) groups excluding carboxylic acids is 1. The molecule has 6 nitrogen and oxygen atoms in total. The fraction of sp³-hybridized carbons (Fsp3) is 0.387. The number of aldehydes is 1. The molecule has 0 amide bonds. The number of carbonyl (C=O) groups is 1. The fourth-order valence-electron chi connectivity index (χ4n) is 5.19. The normalized spacial score (nSPS) is 15.1. The van der Waals surface area contributed by atoms with Crippen LogP contribution in [0.3, 0.4) is 0 Å². The summed E-state index contributed by atoms with van der Waals surface area (Å²) in [5.41, 5.74) is 5.69. The number of aromatic nitrogens is 1. The molecule has 0 fully saturated rings. The SMILES string of the molecule is C/C=C(\C=NC)c1ccc2c(-c3ccc4c(c3C)CCCO4)c([C@H](C=O)OC(C)(C)C)n(C)c(=O)c2c1. The highest BCUT2D eigenvalue weighted by molar-refractivity contribution is 6.11. The van der Waals surface area contributed by atoms with Crippen LogP contribution in [-0.4, -0.2) is 36.3 Å². The van der Waals surface area contributed by atoms with Gasteiger partial charge in [0.2, 0.25) is 0 Å². The molecular formula is C31H36N2O4. The van der Waals surface area contributed by atoms with Crippen LogP contribution in [0.15, 0.2) is 46.2 Å². The lowest BCUT2D eigenvalue weighted by Gasteiger charge is -2.29. The molecule has 0 spiro atoms. The van der Waals surface area contributed by atoms with Crippen LogP contribution in [0.2, 0.25) is 0 Å². The second kappa shape index (κ2) is 10.5. The average molecular weight is 501 g/mol. The largest absolute Gasteiger partial charge is 0.493 e. The third kappa shape index (κ3) is 5.03. The van der Waals surface area contributed by atoms with Gasteiger partial charge in [0.25, 0.3) is 5.56 Å². The van der Waals surface area contributed by atoms with E-state index in [1.165, 1.54) is 5.56 Å². The lowest BCUT2D eigenvalue weighted by molar-refractivity contribution is -0.129. The first kappa shape index (κ1) is 26.6. The maximum Gasteiger partial charge on any atom is 0.258 e. The van der Waals surface area contributed by atoms with Crippen LogP contribution in [0.4, 0.5) is 0 Å². The molecule has 0 bridgehead atoms. The summed E-state index contributed by atoms with van der Waals surface area (Å²) in [6.45, 7) is 10.5. The molecule has 0 aliphatic carbocycles. The molecule has 194 valence electrons. The quantitative estimate of drug-likeness (QED) is 0.308. The van der Waals surface area contributed by atoms with E-state index < -0.39 is 11.7 Å². The van der Waals surface area contributed by atoms with Crippen molar-refractivity contribution in [1.82, 2.24) is 4.57 Å². The highest BCUT2D eigenvalue weighted by Crippen LogP contribution is 2.41. The molecule has 0 radical (unpaired) electrons. The van der Waals surface area contributed by atoms with E-state index in [0.717, 1.165) is 58.1 Å². The molecule has 0 saturated heterocycles. The summed E-state index contributed by atoms with van der Waals surface area (Å²) >= 11 is 0. The Morgan fingerprint density at radius 2 is 1.95 bits per heavy atom. The first-order valence-corrected chi connectivity index (χ1v) is 12.8. The molecular weight excluding hydrogens is 464 g/mol. The third-order valence-corrected chi connectivity index (χ3v) is 6.88. The van der Waals surface area contributed by atoms with E-state index in [4.69, 9.17) is 9.47 Å². The van der Waals surface area contributed by atoms with Gasteiger partial charge in [-0.25, -0.2) is 0 Å². The summed E-state index contributed by atoms with van der Waals surface area (Å²) in [4.78, 5) is 30.4. The van der Waals surface area contributed by atoms with Crippen LogP contribution in [0.5, 0.6) is 5.75 Å². The van der Waals surface area contributed by atoms with Gasteiger partial charge < -0.3 is 18.8 Å². The van der Waals surface area contributed by atoms with Crippen LogP contribution >= 0.6 is 0 Å². The molecule has 0 N–H and O–H groups in total. The highest BCUT2D eigenvalue weighted by atomic mass is 16.5. The molecule has 1 aromatic heterocycles. The zero-order valence-electron chi connectivity index (χ0n) is 22.8. The van der Waals surface area contributed by atoms with Gasteiger partial charge in [-0.1, -0.05) is 24.3 Å². The number of aliphatic imine (C=N–C) groups is 1. The van der Waals surface area contributed by atoms with Gasteiger partial charge in [0, 0.05) is 31.3 Å². The zero-order valence-corrected chi connectivity index (χ0v) is 22.8. The van der Waals surface area contributed by atoms with Crippen molar-refractivity contribution in [1.29, 1.82) is 0 Å². The first-order valence-electron chi connectivity index (χ1n) is 12.8. The zero-order chi connectivity index (χ0) is 26.9. The van der Waals surface area contributed by atoms with Crippen LogP contribution in [0.25, 0.3) is 27.5 Å². The summed E-state index contributed by atoms with van der Waals surface area (Å²) in [5.74, 6) is 0.903. The number of ether oxygens (including phenoxy) is 2. The predicted octanol–water partition coefficient (Wildman–Crippen LogP) is 6.00. The first-order chi connectivity index (χ1) is 17.6. The Balaban J connectivity index is 2.12. The molecule has 37 heavy (non-hydrogen) atoms. The standard InChI is InChI=1S/C31H36N2O4/c1-8-20(17-32-6)21-11-12-24-25(16-21)30(35)33(7)29(27(18-34)37-31(3,4)5)28(24)23-13-14-26-22(19(23)2)10-9-15-36-26/h8,11-14,16-18,27H,9-10,15H2,1-7H3/b20-8+,32-17?/t27-/m0/s1. The minimum Gasteiger partial charge on any atom is -0.493 e. The Labute approximate surface area is 218 Å². The minimum absolute atomic E-state index is 0.178. The molecule has 3 aromatic rings. The lowest BCUT2D eigenvalue weighted by atomic mass is 9.87. The number of benzene rings is 2. The number of hydrogen-bond donors (Lipinski definition) is 0. The topological polar surface area (TPSA) is 69.9 Å². The smallest absolute Gasteiger partial charge is 0.258 e. The third-order valence-electron chi connectivity index (χ3n) is 6.88. The minimum atomic E-state index is -0.915. The van der Waals surface area contributed by atoms with E-state index in [1.54, 1.807) is 24.9 Å².